The van der Waals surface area contributed by atoms with Crippen LogP contribution in [0, 0.1) is 18.2 Å². The van der Waals surface area contributed by atoms with Gasteiger partial charge in [0.15, 0.2) is 0 Å². The summed E-state index contributed by atoms with van der Waals surface area (Å²) < 4.78 is 151. The van der Waals surface area contributed by atoms with Crippen LogP contribution in [-0.2, 0) is 23.3 Å². The van der Waals surface area contributed by atoms with E-state index in [1.807, 2.05) is 13.8 Å². The van der Waals surface area contributed by atoms with Crippen molar-refractivity contribution in [1.29, 1.82) is 0 Å². The molecule has 1 heterocycles. The lowest BCUT2D eigenvalue weighted by Gasteiger charge is -2.36. The minimum Gasteiger partial charge on any atom is -0.496 e. The van der Waals surface area contributed by atoms with Gasteiger partial charge in [0, 0.05) is 17.7 Å². The molecular formula is C36H33F10NO3. The molecule has 4 nitrogen and oxygen atoms in total. The highest BCUT2D eigenvalue weighted by Crippen LogP contribution is 2.49. The number of carbonyl (C=O) groups is 1. The van der Waals surface area contributed by atoms with Crippen molar-refractivity contribution in [3.63, 3.8) is 0 Å². The van der Waals surface area contributed by atoms with E-state index in [9.17, 15) is 44.3 Å². The predicted molar refractivity (Wildman–Crippen MR) is 165 cm³/mol. The minimum absolute atomic E-state index is 0.0156. The van der Waals surface area contributed by atoms with E-state index in [2.05, 4.69) is 0 Å². The summed E-state index contributed by atoms with van der Waals surface area (Å²) in [4.78, 5) is 14.4. The van der Waals surface area contributed by atoms with Crippen molar-refractivity contribution >= 4 is 11.7 Å². The van der Waals surface area contributed by atoms with Gasteiger partial charge >= 0.3 is 24.6 Å². The second-order valence-corrected chi connectivity index (χ2v) is 13.5. The Labute approximate surface area is 281 Å². The lowest BCUT2D eigenvalue weighted by atomic mass is 9.72. The van der Waals surface area contributed by atoms with Gasteiger partial charge in [0.2, 0.25) is 0 Å². The summed E-state index contributed by atoms with van der Waals surface area (Å²) >= 11 is 0. The molecule has 50 heavy (non-hydrogen) atoms. The molecule has 1 saturated heterocycles. The molecule has 5 rings (SSSR count). The number of nitrogens with zero attached hydrogens (tertiary/aromatic N) is 1. The topological polar surface area (TPSA) is 38.8 Å². The first kappa shape index (κ1) is 37.0. The highest BCUT2D eigenvalue weighted by atomic mass is 19.4. The summed E-state index contributed by atoms with van der Waals surface area (Å²) in [5.74, 6) is -0.990. The smallest absolute Gasteiger partial charge is 0.417 e. The van der Waals surface area contributed by atoms with Gasteiger partial charge in [0.05, 0.1) is 29.8 Å². The zero-order valence-electron chi connectivity index (χ0n) is 27.6. The van der Waals surface area contributed by atoms with Crippen LogP contribution in [0.5, 0.6) is 5.75 Å². The van der Waals surface area contributed by atoms with Crippen molar-refractivity contribution in [2.24, 2.45) is 5.41 Å². The molecule has 1 fully saturated rings. The van der Waals surface area contributed by atoms with Crippen LogP contribution in [0.2, 0.25) is 0 Å². The van der Waals surface area contributed by atoms with Crippen molar-refractivity contribution in [2.45, 2.75) is 77.6 Å². The first-order chi connectivity index (χ1) is 23.0. The molecule has 0 radical (unpaired) electrons. The van der Waals surface area contributed by atoms with Gasteiger partial charge in [-0.1, -0.05) is 32.0 Å². The van der Waals surface area contributed by atoms with E-state index in [0.29, 0.717) is 42.5 Å². The van der Waals surface area contributed by atoms with Crippen molar-refractivity contribution in [1.82, 2.24) is 4.90 Å². The number of rotatable bonds is 6. The first-order valence-corrected chi connectivity index (χ1v) is 15.5. The number of halogens is 10. The van der Waals surface area contributed by atoms with Crippen LogP contribution >= 0.6 is 0 Å². The number of alkyl halides is 9. The Bertz CT molecular complexity index is 1810. The number of carbonyl (C=O) groups excluding carboxylic acids is 1. The maximum atomic E-state index is 15.3. The maximum absolute atomic E-state index is 15.3. The summed E-state index contributed by atoms with van der Waals surface area (Å²) in [6.07, 6.45) is -16.4. The fourth-order valence-corrected chi connectivity index (χ4v) is 6.70. The minimum atomic E-state index is -5.12. The van der Waals surface area contributed by atoms with E-state index >= 15 is 4.39 Å². The Morgan fingerprint density at radius 3 is 2.06 bits per heavy atom. The monoisotopic (exact) mass is 717 g/mol. The lowest BCUT2D eigenvalue weighted by molar-refractivity contribution is -0.143. The van der Waals surface area contributed by atoms with Crippen molar-refractivity contribution in [3.8, 4) is 16.9 Å². The second-order valence-electron chi connectivity index (χ2n) is 13.5. The summed E-state index contributed by atoms with van der Waals surface area (Å²) in [6, 6.07) is 6.08. The van der Waals surface area contributed by atoms with Gasteiger partial charge < -0.3 is 9.47 Å². The Morgan fingerprint density at radius 1 is 0.880 bits per heavy atom. The van der Waals surface area contributed by atoms with Crippen molar-refractivity contribution in [2.75, 3.05) is 13.7 Å². The summed E-state index contributed by atoms with van der Waals surface area (Å²) in [7, 11) is 1.19. The number of benzene rings is 3. The quantitative estimate of drug-likeness (QED) is 0.238. The summed E-state index contributed by atoms with van der Waals surface area (Å²) in [5, 5.41) is 0. The molecule has 0 bridgehead atoms. The third-order valence-corrected chi connectivity index (χ3v) is 9.31. The Hall–Kier alpha value is -4.23. The van der Waals surface area contributed by atoms with Gasteiger partial charge in [-0.05, 0) is 96.7 Å². The standard InChI is InChI=1S/C36H33F10NO3/c1-18-7-6-8-25(30(18)37)26-14-27(29(49-5)15-28(26)36(44,45)46)24-9-10-33(3,4)16-21(24)17-47-19(2)31(50-32(47)48)20-11-22(34(38,39)40)13-23(12-20)35(41,42)43/h6-8,11-15,19,31H,9-10,16-17H2,1-5H3/t19-,31-/m0/s1. The number of hydrogen-bond donors (Lipinski definition) is 0. The highest BCUT2D eigenvalue weighted by Gasteiger charge is 2.45. The van der Waals surface area contributed by atoms with E-state index in [1.54, 1.807) is 0 Å². The molecule has 0 N–H and O–H groups in total. The number of cyclic esters (lactones) is 1. The van der Waals surface area contributed by atoms with E-state index in [0.717, 1.165) is 6.07 Å². The van der Waals surface area contributed by atoms with Crippen molar-refractivity contribution in [3.05, 3.63) is 93.3 Å². The van der Waals surface area contributed by atoms with Gasteiger partial charge in [-0.3, -0.25) is 4.90 Å². The maximum Gasteiger partial charge on any atom is 0.417 e. The average molecular weight is 718 g/mol. The van der Waals surface area contributed by atoms with Crippen LogP contribution in [-0.4, -0.2) is 30.7 Å². The van der Waals surface area contributed by atoms with Crippen LogP contribution in [0.25, 0.3) is 16.7 Å². The average Bonchev–Trinajstić information content (AvgIpc) is 3.28. The molecule has 1 aliphatic carbocycles. The van der Waals surface area contributed by atoms with E-state index in [-0.39, 0.29) is 40.5 Å². The molecule has 0 saturated carbocycles. The number of allylic oxidation sites excluding steroid dienone is 1. The lowest BCUT2D eigenvalue weighted by Crippen LogP contribution is -2.35. The molecule has 2 atom stereocenters. The van der Waals surface area contributed by atoms with Crippen LogP contribution in [0.1, 0.15) is 79.5 Å². The Morgan fingerprint density at radius 2 is 1.50 bits per heavy atom. The number of aryl methyl sites for hydroxylation is 1. The number of ether oxygens (including phenoxy) is 2. The molecule has 3 aromatic rings. The fraction of sp³-hybridized carbons (Fsp3) is 0.417. The van der Waals surface area contributed by atoms with Crippen molar-refractivity contribution < 1.29 is 58.2 Å². The molecule has 0 aromatic heterocycles. The van der Waals surface area contributed by atoms with Crippen LogP contribution in [0.3, 0.4) is 0 Å². The summed E-state index contributed by atoms with van der Waals surface area (Å²) in [5.41, 5.74) is -4.36. The van der Waals surface area contributed by atoms with E-state index in [1.165, 1.54) is 50.1 Å². The number of hydrogen-bond acceptors (Lipinski definition) is 3. The SMILES string of the molecule is COc1cc(C(F)(F)F)c(-c2cccc(C)c2F)cc1C1=C(CN2C(=O)O[C@H](c3cc(C(F)(F)F)cc(C(F)(F)F)c3)[C@@H]2C)CC(C)(C)CC1. The molecule has 0 unspecified atom stereocenters. The van der Waals surface area contributed by atoms with E-state index < -0.39 is 70.4 Å². The second kappa shape index (κ2) is 12.8. The van der Waals surface area contributed by atoms with Gasteiger partial charge in [-0.25, -0.2) is 9.18 Å². The molecule has 2 aliphatic rings. The van der Waals surface area contributed by atoms with E-state index in [4.69, 9.17) is 9.47 Å². The molecule has 1 aliphatic heterocycles. The summed E-state index contributed by atoms with van der Waals surface area (Å²) in [6.45, 7) is 6.54. The van der Waals surface area contributed by atoms with Gasteiger partial charge in [-0.15, -0.1) is 0 Å². The zero-order chi connectivity index (χ0) is 37.1. The Kier molecular flexibility index (Phi) is 9.50. The molecule has 3 aromatic carbocycles. The normalized spacial score (nSPS) is 20.0. The van der Waals surface area contributed by atoms with Gasteiger partial charge in [0.25, 0.3) is 0 Å². The zero-order valence-corrected chi connectivity index (χ0v) is 27.6. The molecule has 0 spiro atoms. The van der Waals surface area contributed by atoms with Crippen LogP contribution in [0.15, 0.2) is 54.1 Å². The fourth-order valence-electron chi connectivity index (χ4n) is 6.70. The first-order valence-electron chi connectivity index (χ1n) is 15.5. The van der Waals surface area contributed by atoms with Crippen LogP contribution < -0.4 is 4.74 Å². The number of amides is 1. The van der Waals surface area contributed by atoms with Gasteiger partial charge in [-0.2, -0.15) is 39.5 Å². The molecule has 14 heteroatoms. The molecular weight excluding hydrogens is 684 g/mol. The largest absolute Gasteiger partial charge is 0.496 e. The predicted octanol–water partition coefficient (Wildman–Crippen LogP) is 11.4. The Balaban J connectivity index is 1.63. The molecule has 270 valence electrons. The van der Waals surface area contributed by atoms with Crippen LogP contribution in [0.4, 0.5) is 48.7 Å². The van der Waals surface area contributed by atoms with Gasteiger partial charge in [0.1, 0.15) is 17.7 Å². The third-order valence-electron chi connectivity index (χ3n) is 9.31. The number of methoxy groups -OCH3 is 1. The highest BCUT2D eigenvalue weighted by molar-refractivity contribution is 5.82. The third kappa shape index (κ3) is 7.29. The molecule has 1 amide bonds.